The molecule has 0 rings (SSSR count). The van der Waals surface area contributed by atoms with Gasteiger partial charge < -0.3 is 9.80 Å². The van der Waals surface area contributed by atoms with E-state index < -0.39 is 0 Å². The molecule has 0 fully saturated rings. The van der Waals surface area contributed by atoms with Gasteiger partial charge in [0.2, 0.25) is 5.91 Å². The largest absolute Gasteiger partial charge is 0.343 e. The Kier molecular flexibility index (Phi) is 16.8. The molecule has 0 bridgehead atoms. The molecular formula is C21H44N2O. The van der Waals surface area contributed by atoms with Gasteiger partial charge in [0.15, 0.2) is 0 Å². The molecule has 0 saturated heterocycles. The van der Waals surface area contributed by atoms with Crippen molar-refractivity contribution in [3.63, 3.8) is 0 Å². The number of hydrogen-bond acceptors (Lipinski definition) is 2. The zero-order valence-electron chi connectivity index (χ0n) is 17.1. The zero-order valence-corrected chi connectivity index (χ0v) is 17.1. The lowest BCUT2D eigenvalue weighted by Gasteiger charge is -2.24. The van der Waals surface area contributed by atoms with Gasteiger partial charge in [0.1, 0.15) is 0 Å². The van der Waals surface area contributed by atoms with Crippen LogP contribution in [0.1, 0.15) is 97.3 Å². The van der Waals surface area contributed by atoms with Crippen molar-refractivity contribution in [3.8, 4) is 0 Å². The van der Waals surface area contributed by atoms with Crippen LogP contribution in [-0.4, -0.2) is 49.4 Å². The van der Waals surface area contributed by atoms with Gasteiger partial charge in [-0.3, -0.25) is 4.79 Å². The minimum absolute atomic E-state index is 0.353. The Hall–Kier alpha value is -0.570. The highest BCUT2D eigenvalue weighted by Gasteiger charge is 2.12. The summed E-state index contributed by atoms with van der Waals surface area (Å²) in [7, 11) is 4.08. The Balaban J connectivity index is 4.01. The van der Waals surface area contributed by atoms with E-state index in [-0.39, 0.29) is 0 Å². The van der Waals surface area contributed by atoms with E-state index in [2.05, 4.69) is 23.6 Å². The first-order valence-corrected chi connectivity index (χ1v) is 10.5. The van der Waals surface area contributed by atoms with Gasteiger partial charge >= 0.3 is 0 Å². The molecule has 0 aliphatic carbocycles. The van der Waals surface area contributed by atoms with E-state index in [0.29, 0.717) is 12.3 Å². The molecule has 144 valence electrons. The Bertz CT molecular complexity index is 263. The molecule has 0 aromatic heterocycles. The van der Waals surface area contributed by atoms with Gasteiger partial charge in [0.25, 0.3) is 0 Å². The summed E-state index contributed by atoms with van der Waals surface area (Å²) in [5, 5.41) is 0. The van der Waals surface area contributed by atoms with Crippen LogP contribution >= 0.6 is 0 Å². The van der Waals surface area contributed by atoms with Gasteiger partial charge in [0, 0.05) is 26.1 Å². The van der Waals surface area contributed by atoms with Gasteiger partial charge in [-0.2, -0.15) is 0 Å². The lowest BCUT2D eigenvalue weighted by atomic mass is 10.1. The molecule has 0 aliphatic heterocycles. The Morgan fingerprint density at radius 1 is 0.625 bits per heavy atom. The average Bonchev–Trinajstić information content (AvgIpc) is 2.56. The number of carbonyl (C=O) groups is 1. The molecule has 0 aliphatic rings. The van der Waals surface area contributed by atoms with Gasteiger partial charge in [-0.25, -0.2) is 0 Å². The van der Waals surface area contributed by atoms with Crippen molar-refractivity contribution in [1.82, 2.24) is 9.80 Å². The molecule has 0 spiro atoms. The summed E-state index contributed by atoms with van der Waals surface area (Å²) in [4.78, 5) is 16.7. The monoisotopic (exact) mass is 340 g/mol. The molecule has 1 amide bonds. The van der Waals surface area contributed by atoms with E-state index in [1.165, 1.54) is 77.0 Å². The minimum Gasteiger partial charge on any atom is -0.343 e. The van der Waals surface area contributed by atoms with Gasteiger partial charge in [0.05, 0.1) is 0 Å². The van der Waals surface area contributed by atoms with Gasteiger partial charge in [-0.1, -0.05) is 78.1 Å². The number of nitrogens with zero attached hydrogens (tertiary/aromatic N) is 2. The number of carbonyl (C=O) groups excluding carboxylic acids is 1. The van der Waals surface area contributed by atoms with Crippen molar-refractivity contribution >= 4 is 5.91 Å². The maximum atomic E-state index is 12.5. The molecule has 0 atom stereocenters. The summed E-state index contributed by atoms with van der Waals surface area (Å²) in [6.45, 7) is 7.31. The third-order valence-electron chi connectivity index (χ3n) is 4.69. The fourth-order valence-electron chi connectivity index (χ4n) is 3.00. The number of amides is 1. The zero-order chi connectivity index (χ0) is 18.0. The van der Waals surface area contributed by atoms with Crippen LogP contribution in [-0.2, 0) is 4.79 Å². The molecule has 0 saturated carbocycles. The standard InChI is InChI=1S/C21H44N2O/c1-5-7-9-11-13-15-18-23(21(24)17-20-22(3)4)19-16-14-12-10-8-6-2/h5-20H2,1-4H3. The SMILES string of the molecule is CCCCCCCCN(CCCCCCCC)C(=O)CCN(C)C. The van der Waals surface area contributed by atoms with E-state index in [0.717, 1.165) is 19.6 Å². The van der Waals surface area contributed by atoms with Crippen molar-refractivity contribution in [2.45, 2.75) is 97.3 Å². The maximum absolute atomic E-state index is 12.5. The van der Waals surface area contributed by atoms with Crippen LogP contribution in [0.15, 0.2) is 0 Å². The summed E-state index contributed by atoms with van der Waals surface area (Å²) in [6.07, 6.45) is 16.2. The number of rotatable bonds is 17. The molecule has 0 heterocycles. The fourth-order valence-corrected chi connectivity index (χ4v) is 3.00. The molecule has 0 aromatic carbocycles. The third-order valence-corrected chi connectivity index (χ3v) is 4.69. The van der Waals surface area contributed by atoms with Crippen molar-refractivity contribution in [1.29, 1.82) is 0 Å². The normalized spacial score (nSPS) is 11.2. The first kappa shape index (κ1) is 23.4. The van der Waals surface area contributed by atoms with Crippen LogP contribution in [0.2, 0.25) is 0 Å². The second kappa shape index (κ2) is 17.3. The van der Waals surface area contributed by atoms with E-state index in [9.17, 15) is 4.79 Å². The van der Waals surface area contributed by atoms with Crippen LogP contribution in [0.3, 0.4) is 0 Å². The predicted molar refractivity (Wildman–Crippen MR) is 107 cm³/mol. The highest BCUT2D eigenvalue weighted by Crippen LogP contribution is 2.10. The Labute approximate surface area is 152 Å². The maximum Gasteiger partial charge on any atom is 0.223 e. The molecule has 0 aromatic rings. The van der Waals surface area contributed by atoms with Crippen molar-refractivity contribution in [2.24, 2.45) is 0 Å². The summed E-state index contributed by atoms with van der Waals surface area (Å²) < 4.78 is 0. The topological polar surface area (TPSA) is 23.6 Å². The van der Waals surface area contributed by atoms with Crippen molar-refractivity contribution in [3.05, 3.63) is 0 Å². The lowest BCUT2D eigenvalue weighted by molar-refractivity contribution is -0.131. The summed E-state index contributed by atoms with van der Waals surface area (Å²) in [6, 6.07) is 0. The van der Waals surface area contributed by atoms with Gasteiger partial charge in [-0.15, -0.1) is 0 Å². The van der Waals surface area contributed by atoms with Gasteiger partial charge in [-0.05, 0) is 26.9 Å². The second-order valence-electron chi connectivity index (χ2n) is 7.47. The molecule has 24 heavy (non-hydrogen) atoms. The molecular weight excluding hydrogens is 296 g/mol. The van der Waals surface area contributed by atoms with E-state index in [1.54, 1.807) is 0 Å². The van der Waals surface area contributed by atoms with Crippen LogP contribution in [0.4, 0.5) is 0 Å². The smallest absolute Gasteiger partial charge is 0.223 e. The van der Waals surface area contributed by atoms with E-state index in [4.69, 9.17) is 0 Å². The first-order valence-electron chi connectivity index (χ1n) is 10.5. The number of unbranched alkanes of at least 4 members (excludes halogenated alkanes) is 10. The summed E-state index contributed by atoms with van der Waals surface area (Å²) in [5.41, 5.74) is 0. The predicted octanol–water partition coefficient (Wildman–Crippen LogP) is 5.49. The second-order valence-corrected chi connectivity index (χ2v) is 7.47. The lowest BCUT2D eigenvalue weighted by Crippen LogP contribution is -2.34. The molecule has 0 N–H and O–H groups in total. The van der Waals surface area contributed by atoms with E-state index in [1.807, 2.05) is 14.1 Å². The highest BCUT2D eigenvalue weighted by molar-refractivity contribution is 5.76. The Morgan fingerprint density at radius 3 is 1.46 bits per heavy atom. The fraction of sp³-hybridized carbons (Fsp3) is 0.952. The molecule has 0 radical (unpaired) electrons. The summed E-state index contributed by atoms with van der Waals surface area (Å²) >= 11 is 0. The highest BCUT2D eigenvalue weighted by atomic mass is 16.2. The van der Waals surface area contributed by atoms with Crippen molar-refractivity contribution < 1.29 is 4.79 Å². The Morgan fingerprint density at radius 2 is 1.04 bits per heavy atom. The first-order chi connectivity index (χ1) is 11.6. The van der Waals surface area contributed by atoms with Crippen LogP contribution in [0.25, 0.3) is 0 Å². The third kappa shape index (κ3) is 15.0. The van der Waals surface area contributed by atoms with E-state index >= 15 is 0 Å². The quantitative estimate of drug-likeness (QED) is 0.327. The van der Waals surface area contributed by atoms with Crippen molar-refractivity contribution in [2.75, 3.05) is 33.7 Å². The average molecular weight is 341 g/mol. The molecule has 3 nitrogen and oxygen atoms in total. The number of hydrogen-bond donors (Lipinski definition) is 0. The molecule has 3 heteroatoms. The van der Waals surface area contributed by atoms with Crippen LogP contribution in [0, 0.1) is 0 Å². The van der Waals surface area contributed by atoms with Crippen LogP contribution in [0.5, 0.6) is 0 Å². The minimum atomic E-state index is 0.353. The van der Waals surface area contributed by atoms with Crippen LogP contribution < -0.4 is 0 Å². The summed E-state index contributed by atoms with van der Waals surface area (Å²) in [5.74, 6) is 0.353. The molecule has 0 unspecified atom stereocenters.